The van der Waals surface area contributed by atoms with Gasteiger partial charge in [-0.3, -0.25) is 9.59 Å². The summed E-state index contributed by atoms with van der Waals surface area (Å²) in [7, 11) is 3.23. The molecule has 0 bridgehead atoms. The van der Waals surface area contributed by atoms with Crippen molar-refractivity contribution in [3.05, 3.63) is 28.2 Å². The van der Waals surface area contributed by atoms with Crippen LogP contribution in [0.1, 0.15) is 17.3 Å². The highest BCUT2D eigenvalue weighted by Gasteiger charge is 2.19. The van der Waals surface area contributed by atoms with Crippen molar-refractivity contribution in [3.63, 3.8) is 0 Å². The number of amides is 2. The molecule has 1 unspecified atom stereocenters. The molecule has 2 amide bonds. The van der Waals surface area contributed by atoms with Gasteiger partial charge in [-0.1, -0.05) is 22.9 Å². The molecule has 0 saturated carbocycles. The highest BCUT2D eigenvalue weighted by Crippen LogP contribution is 2.20. The van der Waals surface area contributed by atoms with Crippen LogP contribution in [0.15, 0.2) is 22.7 Å². The normalized spacial score (nSPS) is 11.8. The lowest BCUT2D eigenvalue weighted by molar-refractivity contribution is -0.124. The average molecular weight is 328 g/mol. The van der Waals surface area contributed by atoms with E-state index in [0.29, 0.717) is 17.8 Å². The fourth-order valence-corrected chi connectivity index (χ4v) is 2.14. The van der Waals surface area contributed by atoms with Crippen molar-refractivity contribution in [1.29, 1.82) is 0 Å². The summed E-state index contributed by atoms with van der Waals surface area (Å²) < 4.78 is 0.822. The maximum absolute atomic E-state index is 12.2. The first-order valence-electron chi connectivity index (χ1n) is 5.89. The van der Waals surface area contributed by atoms with Gasteiger partial charge in [0.05, 0.1) is 11.5 Å². The van der Waals surface area contributed by atoms with Gasteiger partial charge in [0, 0.05) is 30.8 Å². The smallest absolute Gasteiger partial charge is 0.255 e. The van der Waals surface area contributed by atoms with Crippen LogP contribution < -0.4 is 11.1 Å². The van der Waals surface area contributed by atoms with Gasteiger partial charge < -0.3 is 16.0 Å². The number of hydrogen-bond acceptors (Lipinski definition) is 3. The summed E-state index contributed by atoms with van der Waals surface area (Å²) in [6.07, 6.45) is 0. The number of benzene rings is 1. The van der Waals surface area contributed by atoms with Crippen LogP contribution in [0.4, 0.5) is 5.69 Å². The largest absolute Gasteiger partial charge is 0.398 e. The van der Waals surface area contributed by atoms with E-state index < -0.39 is 0 Å². The van der Waals surface area contributed by atoms with E-state index >= 15 is 0 Å². The highest BCUT2D eigenvalue weighted by molar-refractivity contribution is 9.10. The number of rotatable bonds is 4. The summed E-state index contributed by atoms with van der Waals surface area (Å²) >= 11 is 3.29. The number of carbonyl (C=O) groups excluding carboxylic acids is 2. The SMILES string of the molecule is CNC(=O)C(C)CN(C)C(=O)c1ccc(Br)cc1N. The molecule has 0 spiro atoms. The first-order valence-corrected chi connectivity index (χ1v) is 6.68. The van der Waals surface area contributed by atoms with Crippen LogP contribution >= 0.6 is 15.9 Å². The molecule has 1 rings (SSSR count). The van der Waals surface area contributed by atoms with Gasteiger partial charge >= 0.3 is 0 Å². The van der Waals surface area contributed by atoms with Gasteiger partial charge in [0.1, 0.15) is 0 Å². The van der Waals surface area contributed by atoms with Gasteiger partial charge in [-0.05, 0) is 18.2 Å². The van der Waals surface area contributed by atoms with Gasteiger partial charge in [-0.15, -0.1) is 0 Å². The molecule has 0 aromatic heterocycles. The first-order chi connectivity index (χ1) is 8.86. The molecule has 1 atom stereocenters. The van der Waals surface area contributed by atoms with Crippen LogP contribution in [0.3, 0.4) is 0 Å². The molecule has 3 N–H and O–H groups in total. The third-order valence-corrected chi connectivity index (χ3v) is 3.33. The van der Waals surface area contributed by atoms with Gasteiger partial charge in [0.25, 0.3) is 5.91 Å². The molecule has 0 saturated heterocycles. The van der Waals surface area contributed by atoms with Crippen LogP contribution in [-0.4, -0.2) is 37.4 Å². The Labute approximate surface area is 121 Å². The minimum absolute atomic E-state index is 0.0940. The minimum Gasteiger partial charge on any atom is -0.398 e. The van der Waals surface area contributed by atoms with E-state index in [0.717, 1.165) is 4.47 Å². The highest BCUT2D eigenvalue weighted by atomic mass is 79.9. The summed E-state index contributed by atoms with van der Waals surface area (Å²) in [6.45, 7) is 2.11. The van der Waals surface area contributed by atoms with E-state index in [1.54, 1.807) is 39.2 Å². The predicted octanol–water partition coefficient (Wildman–Crippen LogP) is 1.49. The fraction of sp³-hybridized carbons (Fsp3) is 0.385. The van der Waals surface area contributed by atoms with Gasteiger partial charge in [-0.25, -0.2) is 0 Å². The molecule has 6 heteroatoms. The maximum atomic E-state index is 12.2. The Morgan fingerprint density at radius 1 is 1.47 bits per heavy atom. The van der Waals surface area contributed by atoms with E-state index in [-0.39, 0.29) is 17.7 Å². The third kappa shape index (κ3) is 3.96. The van der Waals surface area contributed by atoms with E-state index in [2.05, 4.69) is 21.2 Å². The van der Waals surface area contributed by atoms with E-state index in [1.165, 1.54) is 4.90 Å². The Morgan fingerprint density at radius 3 is 2.63 bits per heavy atom. The Balaban J connectivity index is 2.79. The quantitative estimate of drug-likeness (QED) is 0.822. The lowest BCUT2D eigenvalue weighted by Crippen LogP contribution is -2.37. The summed E-state index contributed by atoms with van der Waals surface area (Å²) in [4.78, 5) is 25.2. The van der Waals surface area contributed by atoms with Crippen LogP contribution in [-0.2, 0) is 4.79 Å². The van der Waals surface area contributed by atoms with E-state index in [9.17, 15) is 9.59 Å². The zero-order valence-electron chi connectivity index (χ0n) is 11.2. The molecular formula is C13H18BrN3O2. The zero-order chi connectivity index (χ0) is 14.6. The minimum atomic E-state index is -0.268. The molecule has 0 radical (unpaired) electrons. The molecule has 5 nitrogen and oxygen atoms in total. The number of hydrogen-bond donors (Lipinski definition) is 2. The van der Waals surface area contributed by atoms with E-state index in [4.69, 9.17) is 5.73 Å². The Bertz CT molecular complexity index is 491. The standard InChI is InChI=1S/C13H18BrN3O2/c1-8(12(18)16-2)7-17(3)13(19)10-5-4-9(14)6-11(10)15/h4-6,8H,7,15H2,1-3H3,(H,16,18). The lowest BCUT2D eigenvalue weighted by atomic mass is 10.1. The number of carbonyl (C=O) groups is 2. The van der Waals surface area contributed by atoms with Crippen molar-refractivity contribution < 1.29 is 9.59 Å². The van der Waals surface area contributed by atoms with Crippen molar-refractivity contribution in [2.24, 2.45) is 5.92 Å². The number of anilines is 1. The molecule has 104 valence electrons. The van der Waals surface area contributed by atoms with Crippen molar-refractivity contribution in [2.75, 3.05) is 26.4 Å². The summed E-state index contributed by atoms with van der Waals surface area (Å²) in [6, 6.07) is 5.12. The molecule has 0 aliphatic carbocycles. The first kappa shape index (κ1) is 15.5. The number of halogens is 1. The Kier molecular flexibility index (Phi) is 5.35. The molecular weight excluding hydrogens is 310 g/mol. The monoisotopic (exact) mass is 327 g/mol. The lowest BCUT2D eigenvalue weighted by Gasteiger charge is -2.21. The molecule has 1 aromatic rings. The second-order valence-corrected chi connectivity index (χ2v) is 5.35. The van der Waals surface area contributed by atoms with Crippen molar-refractivity contribution in [1.82, 2.24) is 10.2 Å². The Morgan fingerprint density at radius 2 is 2.11 bits per heavy atom. The van der Waals surface area contributed by atoms with Crippen LogP contribution in [0.5, 0.6) is 0 Å². The molecule has 19 heavy (non-hydrogen) atoms. The number of nitrogen functional groups attached to an aromatic ring is 1. The fourth-order valence-electron chi connectivity index (χ4n) is 1.76. The predicted molar refractivity (Wildman–Crippen MR) is 78.7 cm³/mol. The molecule has 1 aromatic carbocycles. The number of nitrogens with zero attached hydrogens (tertiary/aromatic N) is 1. The van der Waals surface area contributed by atoms with Crippen molar-refractivity contribution >= 4 is 33.4 Å². The summed E-state index contributed by atoms with van der Waals surface area (Å²) in [5, 5.41) is 2.56. The third-order valence-electron chi connectivity index (χ3n) is 2.83. The Hall–Kier alpha value is -1.56. The second kappa shape index (κ2) is 6.56. The summed E-state index contributed by atoms with van der Waals surface area (Å²) in [5.74, 6) is -0.556. The number of nitrogens with two attached hydrogens (primary N) is 1. The van der Waals surface area contributed by atoms with Gasteiger partial charge in [0.2, 0.25) is 5.91 Å². The van der Waals surface area contributed by atoms with Crippen molar-refractivity contribution in [2.45, 2.75) is 6.92 Å². The molecule has 0 aliphatic heterocycles. The average Bonchev–Trinajstić information content (AvgIpc) is 2.36. The maximum Gasteiger partial charge on any atom is 0.255 e. The topological polar surface area (TPSA) is 75.4 Å². The van der Waals surface area contributed by atoms with Crippen LogP contribution in [0.25, 0.3) is 0 Å². The van der Waals surface area contributed by atoms with Gasteiger partial charge in [0.15, 0.2) is 0 Å². The zero-order valence-corrected chi connectivity index (χ0v) is 12.8. The summed E-state index contributed by atoms with van der Waals surface area (Å²) in [5.41, 5.74) is 6.68. The van der Waals surface area contributed by atoms with Crippen molar-refractivity contribution in [3.8, 4) is 0 Å². The molecule has 0 fully saturated rings. The van der Waals surface area contributed by atoms with Crippen LogP contribution in [0.2, 0.25) is 0 Å². The van der Waals surface area contributed by atoms with Crippen LogP contribution in [0, 0.1) is 5.92 Å². The second-order valence-electron chi connectivity index (χ2n) is 4.43. The number of nitrogens with one attached hydrogen (secondary N) is 1. The van der Waals surface area contributed by atoms with E-state index in [1.807, 2.05) is 0 Å². The van der Waals surface area contributed by atoms with Gasteiger partial charge in [-0.2, -0.15) is 0 Å². The molecule has 0 aliphatic rings. The molecule has 0 heterocycles.